The Balaban J connectivity index is 1.36. The van der Waals surface area contributed by atoms with Crippen LogP contribution in [0.1, 0.15) is 34.9 Å². The van der Waals surface area contributed by atoms with E-state index in [-0.39, 0.29) is 17.2 Å². The molecule has 1 fully saturated rings. The number of aromatic nitrogens is 3. The first-order valence-corrected chi connectivity index (χ1v) is 8.95. The molecule has 3 aromatic rings. The van der Waals surface area contributed by atoms with Gasteiger partial charge in [0, 0.05) is 24.6 Å². The number of carbonyl (C=O) groups is 1. The zero-order valence-corrected chi connectivity index (χ0v) is 14.2. The zero-order chi connectivity index (χ0) is 17.2. The third kappa shape index (κ3) is 3.53. The van der Waals surface area contributed by atoms with E-state index in [2.05, 4.69) is 15.6 Å². The monoisotopic (exact) mass is 356 g/mol. The largest absolute Gasteiger partial charge is 0.355 e. The molecule has 0 aliphatic heterocycles. The summed E-state index contributed by atoms with van der Waals surface area (Å²) in [7, 11) is 0. The molecule has 128 valence electrons. The lowest BCUT2D eigenvalue weighted by atomic mass is 10.3. The van der Waals surface area contributed by atoms with Gasteiger partial charge in [-0.3, -0.25) is 9.59 Å². The van der Waals surface area contributed by atoms with E-state index in [0.29, 0.717) is 24.8 Å². The Labute approximate surface area is 147 Å². The smallest absolute Gasteiger partial charge is 0.273 e. The molecule has 4 rings (SSSR count). The molecule has 0 aromatic carbocycles. The minimum absolute atomic E-state index is 0.167. The second kappa shape index (κ2) is 6.64. The second-order valence-corrected chi connectivity index (χ2v) is 6.85. The summed E-state index contributed by atoms with van der Waals surface area (Å²) in [6.07, 6.45) is 2.25. The molecule has 8 heteroatoms. The van der Waals surface area contributed by atoms with Gasteiger partial charge in [-0.05, 0) is 30.4 Å². The van der Waals surface area contributed by atoms with Crippen LogP contribution in [-0.4, -0.2) is 27.4 Å². The quantitative estimate of drug-likeness (QED) is 0.732. The highest BCUT2D eigenvalue weighted by Gasteiger charge is 2.25. The second-order valence-electron chi connectivity index (χ2n) is 5.90. The molecule has 0 spiro atoms. The van der Waals surface area contributed by atoms with Gasteiger partial charge in [-0.15, -0.1) is 11.3 Å². The number of rotatable bonds is 6. The van der Waals surface area contributed by atoms with Gasteiger partial charge in [-0.2, -0.15) is 5.10 Å². The van der Waals surface area contributed by atoms with Crippen molar-refractivity contribution in [2.45, 2.75) is 25.3 Å². The fraction of sp³-hybridized carbons (Fsp3) is 0.294. The molecular weight excluding hydrogens is 340 g/mol. The molecule has 1 aliphatic rings. The highest BCUT2D eigenvalue weighted by molar-refractivity contribution is 7.13. The van der Waals surface area contributed by atoms with Crippen LogP contribution in [-0.2, 0) is 6.54 Å². The molecule has 3 heterocycles. The first-order chi connectivity index (χ1) is 12.2. The van der Waals surface area contributed by atoms with Crippen molar-refractivity contribution in [2.75, 3.05) is 6.54 Å². The summed E-state index contributed by atoms with van der Waals surface area (Å²) >= 11 is 1.51. The van der Waals surface area contributed by atoms with E-state index >= 15 is 0 Å². The molecule has 25 heavy (non-hydrogen) atoms. The van der Waals surface area contributed by atoms with Gasteiger partial charge in [0.05, 0.1) is 17.1 Å². The maximum Gasteiger partial charge on any atom is 0.273 e. The summed E-state index contributed by atoms with van der Waals surface area (Å²) in [5.74, 6) is 0.709. The van der Waals surface area contributed by atoms with Crippen LogP contribution in [0, 0.1) is 0 Å². The molecule has 7 nitrogen and oxygen atoms in total. The SMILES string of the molecule is O=C(NCCn1nc(C2CC2)ccc1=O)c1cc(-c2cccs2)on1. The molecule has 0 radical (unpaired) electrons. The van der Waals surface area contributed by atoms with Gasteiger partial charge in [0.25, 0.3) is 11.5 Å². The van der Waals surface area contributed by atoms with Crippen LogP contribution in [0.4, 0.5) is 0 Å². The highest BCUT2D eigenvalue weighted by Crippen LogP contribution is 2.38. The van der Waals surface area contributed by atoms with Crippen LogP contribution in [0.15, 0.2) is 45.0 Å². The van der Waals surface area contributed by atoms with E-state index in [4.69, 9.17) is 4.52 Å². The molecule has 1 amide bonds. The maximum atomic E-state index is 12.1. The van der Waals surface area contributed by atoms with Crippen LogP contribution in [0.5, 0.6) is 0 Å². The Morgan fingerprint density at radius 2 is 2.24 bits per heavy atom. The molecule has 0 saturated heterocycles. The van der Waals surface area contributed by atoms with Crippen molar-refractivity contribution in [1.29, 1.82) is 0 Å². The summed E-state index contributed by atoms with van der Waals surface area (Å²) < 4.78 is 6.59. The third-order valence-corrected chi connectivity index (χ3v) is 4.88. The molecule has 1 N–H and O–H groups in total. The standard InChI is InChI=1S/C17H16N4O3S/c22-16-6-5-12(11-3-4-11)19-21(16)8-7-18-17(23)13-10-14(24-20-13)15-2-1-9-25-15/h1-2,5-6,9-11H,3-4,7-8H2,(H,18,23). The number of thiophene rings is 1. The summed E-state index contributed by atoms with van der Waals surface area (Å²) in [6, 6.07) is 8.74. The number of hydrogen-bond acceptors (Lipinski definition) is 6. The topological polar surface area (TPSA) is 90.0 Å². The minimum Gasteiger partial charge on any atom is -0.355 e. The fourth-order valence-electron chi connectivity index (χ4n) is 2.50. The number of hydrogen-bond donors (Lipinski definition) is 1. The van der Waals surface area contributed by atoms with E-state index in [9.17, 15) is 9.59 Å². The lowest BCUT2D eigenvalue weighted by Gasteiger charge is -2.07. The normalized spacial score (nSPS) is 13.8. The Morgan fingerprint density at radius 3 is 3.00 bits per heavy atom. The van der Waals surface area contributed by atoms with Gasteiger partial charge in [-0.1, -0.05) is 11.2 Å². The summed E-state index contributed by atoms with van der Waals surface area (Å²) in [4.78, 5) is 24.9. The number of carbonyl (C=O) groups excluding carboxylic acids is 1. The van der Waals surface area contributed by atoms with Crippen molar-refractivity contribution in [3.63, 3.8) is 0 Å². The predicted molar refractivity (Wildman–Crippen MR) is 92.6 cm³/mol. The van der Waals surface area contributed by atoms with Gasteiger partial charge in [-0.25, -0.2) is 4.68 Å². The van der Waals surface area contributed by atoms with Gasteiger partial charge < -0.3 is 9.84 Å². The third-order valence-electron chi connectivity index (χ3n) is 4.00. The molecular formula is C17H16N4O3S. The van der Waals surface area contributed by atoms with Gasteiger partial charge in [0.1, 0.15) is 0 Å². The van der Waals surface area contributed by atoms with Crippen molar-refractivity contribution in [2.24, 2.45) is 0 Å². The highest BCUT2D eigenvalue weighted by atomic mass is 32.1. The van der Waals surface area contributed by atoms with Gasteiger partial charge in [0.15, 0.2) is 11.5 Å². The summed E-state index contributed by atoms with van der Waals surface area (Å²) in [6.45, 7) is 0.613. The molecule has 0 bridgehead atoms. The Bertz CT molecular complexity index is 941. The summed E-state index contributed by atoms with van der Waals surface area (Å²) in [5.41, 5.74) is 0.999. The molecule has 1 aliphatic carbocycles. The van der Waals surface area contributed by atoms with E-state index < -0.39 is 0 Å². The number of nitrogens with one attached hydrogen (secondary N) is 1. The van der Waals surface area contributed by atoms with Crippen molar-refractivity contribution in [1.82, 2.24) is 20.3 Å². The van der Waals surface area contributed by atoms with Gasteiger partial charge >= 0.3 is 0 Å². The fourth-order valence-corrected chi connectivity index (χ4v) is 3.18. The van der Waals surface area contributed by atoms with Crippen molar-refractivity contribution in [3.05, 3.63) is 57.5 Å². The van der Waals surface area contributed by atoms with Crippen LogP contribution >= 0.6 is 11.3 Å². The molecule has 0 atom stereocenters. The van der Waals surface area contributed by atoms with Crippen LogP contribution in [0.3, 0.4) is 0 Å². The lowest BCUT2D eigenvalue weighted by Crippen LogP contribution is -2.32. The van der Waals surface area contributed by atoms with E-state index in [1.807, 2.05) is 17.5 Å². The Hall–Kier alpha value is -2.74. The summed E-state index contributed by atoms with van der Waals surface area (Å²) in [5, 5.41) is 12.8. The van der Waals surface area contributed by atoms with Crippen LogP contribution < -0.4 is 10.9 Å². The first kappa shape index (κ1) is 15.8. The Morgan fingerprint density at radius 1 is 1.36 bits per heavy atom. The number of nitrogens with zero attached hydrogens (tertiary/aromatic N) is 3. The zero-order valence-electron chi connectivity index (χ0n) is 13.3. The molecule has 3 aromatic heterocycles. The Kier molecular flexibility index (Phi) is 4.19. The predicted octanol–water partition coefficient (Wildman–Crippen LogP) is 2.27. The average Bonchev–Trinajstić information content (AvgIpc) is 3.11. The molecule has 1 saturated carbocycles. The maximum absolute atomic E-state index is 12.1. The minimum atomic E-state index is -0.335. The van der Waals surface area contributed by atoms with Gasteiger partial charge in [0.2, 0.25) is 0 Å². The number of amides is 1. The van der Waals surface area contributed by atoms with E-state index in [1.54, 1.807) is 12.1 Å². The first-order valence-electron chi connectivity index (χ1n) is 8.07. The van der Waals surface area contributed by atoms with Crippen molar-refractivity contribution < 1.29 is 9.32 Å². The average molecular weight is 356 g/mol. The van der Waals surface area contributed by atoms with Crippen molar-refractivity contribution >= 4 is 17.2 Å². The van der Waals surface area contributed by atoms with E-state index in [0.717, 1.165) is 23.4 Å². The van der Waals surface area contributed by atoms with Crippen LogP contribution in [0.25, 0.3) is 10.6 Å². The van der Waals surface area contributed by atoms with Crippen molar-refractivity contribution in [3.8, 4) is 10.6 Å². The molecule has 0 unspecified atom stereocenters. The van der Waals surface area contributed by atoms with E-state index in [1.165, 1.54) is 22.1 Å². The lowest BCUT2D eigenvalue weighted by molar-refractivity contribution is 0.0942. The van der Waals surface area contributed by atoms with Crippen LogP contribution in [0.2, 0.25) is 0 Å².